The third-order valence-corrected chi connectivity index (χ3v) is 4.16. The second-order valence-corrected chi connectivity index (χ2v) is 6.08. The summed E-state index contributed by atoms with van der Waals surface area (Å²) in [6.07, 6.45) is 1.98. The lowest BCUT2D eigenvalue weighted by atomic mass is 10.2. The molecule has 0 aliphatic carbocycles. The Balaban J connectivity index is 1.61. The Labute approximate surface area is 161 Å². The molecule has 0 spiro atoms. The summed E-state index contributed by atoms with van der Waals surface area (Å²) in [4.78, 5) is 24.3. The number of aromatic nitrogens is 2. The van der Waals surface area contributed by atoms with Crippen molar-refractivity contribution in [3.63, 3.8) is 0 Å². The molecule has 0 aliphatic rings. The van der Waals surface area contributed by atoms with E-state index in [0.29, 0.717) is 23.4 Å². The molecule has 0 atom stereocenters. The maximum atomic E-state index is 13.1. The molecular formula is C21H20FN3O3. The molecule has 2 aromatic carbocycles. The molecule has 7 heteroatoms. The van der Waals surface area contributed by atoms with Gasteiger partial charge in [-0.3, -0.25) is 9.59 Å². The zero-order valence-corrected chi connectivity index (χ0v) is 15.4. The highest BCUT2D eigenvalue weighted by Gasteiger charge is 2.18. The fourth-order valence-corrected chi connectivity index (χ4v) is 2.75. The molecule has 0 fully saturated rings. The molecule has 0 saturated heterocycles. The fourth-order valence-electron chi connectivity index (χ4n) is 2.75. The number of nitrogens with zero attached hydrogens (tertiary/aromatic N) is 2. The fraction of sp³-hybridized carbons (Fsp3) is 0.190. The Morgan fingerprint density at radius 3 is 2.50 bits per heavy atom. The summed E-state index contributed by atoms with van der Waals surface area (Å²) in [6, 6.07) is 15.1. The Hall–Kier alpha value is -3.48. The average Bonchev–Trinajstić information content (AvgIpc) is 3.16. The van der Waals surface area contributed by atoms with Crippen LogP contribution < -0.4 is 5.32 Å². The zero-order chi connectivity index (χ0) is 19.9. The molecule has 0 aliphatic heterocycles. The van der Waals surface area contributed by atoms with Crippen LogP contribution in [0.2, 0.25) is 0 Å². The van der Waals surface area contributed by atoms with E-state index in [9.17, 15) is 14.0 Å². The van der Waals surface area contributed by atoms with Crippen molar-refractivity contribution < 1.29 is 18.7 Å². The van der Waals surface area contributed by atoms with E-state index in [1.165, 1.54) is 18.3 Å². The van der Waals surface area contributed by atoms with Crippen LogP contribution in [0.5, 0.6) is 0 Å². The van der Waals surface area contributed by atoms with Crippen LogP contribution in [0.4, 0.5) is 4.39 Å². The van der Waals surface area contributed by atoms with Crippen LogP contribution in [0.15, 0.2) is 60.8 Å². The van der Waals surface area contributed by atoms with E-state index in [1.54, 1.807) is 16.8 Å². The first-order valence-corrected chi connectivity index (χ1v) is 8.89. The Bertz CT molecular complexity index is 953. The highest BCUT2D eigenvalue weighted by atomic mass is 19.1. The van der Waals surface area contributed by atoms with E-state index >= 15 is 0 Å². The maximum Gasteiger partial charge on any atom is 0.325 e. The van der Waals surface area contributed by atoms with Gasteiger partial charge < -0.3 is 10.1 Å². The van der Waals surface area contributed by atoms with E-state index < -0.39 is 11.9 Å². The summed E-state index contributed by atoms with van der Waals surface area (Å²) in [5.74, 6) is -1.29. The first-order valence-electron chi connectivity index (χ1n) is 8.89. The summed E-state index contributed by atoms with van der Waals surface area (Å²) in [5.41, 5.74) is 2.56. The maximum absolute atomic E-state index is 13.1. The van der Waals surface area contributed by atoms with Gasteiger partial charge in [-0.2, -0.15) is 5.10 Å². The number of nitrogens with one attached hydrogen (secondary N) is 1. The number of carbonyl (C=O) groups excluding carboxylic acids is 2. The first-order chi connectivity index (χ1) is 13.6. The number of hydrogen-bond acceptors (Lipinski definition) is 4. The number of ether oxygens (including phenoxy) is 1. The minimum atomic E-state index is -0.527. The predicted molar refractivity (Wildman–Crippen MR) is 101 cm³/mol. The number of carbonyl (C=O) groups is 2. The summed E-state index contributed by atoms with van der Waals surface area (Å²) in [7, 11) is 0. The van der Waals surface area contributed by atoms with Crippen molar-refractivity contribution >= 4 is 11.9 Å². The van der Waals surface area contributed by atoms with Gasteiger partial charge in [-0.25, -0.2) is 9.07 Å². The third-order valence-electron chi connectivity index (χ3n) is 4.16. The van der Waals surface area contributed by atoms with Crippen LogP contribution in [-0.4, -0.2) is 28.2 Å². The Morgan fingerprint density at radius 1 is 1.11 bits per heavy atom. The van der Waals surface area contributed by atoms with Crippen molar-refractivity contribution in [1.29, 1.82) is 0 Å². The number of halogens is 1. The molecule has 1 aromatic heterocycles. The van der Waals surface area contributed by atoms with Gasteiger partial charge in [-0.15, -0.1) is 0 Å². The molecule has 1 N–H and O–H groups in total. The van der Waals surface area contributed by atoms with E-state index in [-0.39, 0.29) is 19.0 Å². The molecule has 1 heterocycles. The molecule has 3 rings (SSSR count). The third kappa shape index (κ3) is 4.62. The molecular weight excluding hydrogens is 361 g/mol. The van der Waals surface area contributed by atoms with Gasteiger partial charge in [0, 0.05) is 0 Å². The van der Waals surface area contributed by atoms with Crippen molar-refractivity contribution in [2.75, 3.05) is 6.54 Å². The second kappa shape index (κ2) is 8.94. The standard InChI is InChI=1S/C21H20FN3O3/c1-2-19-18(12-24-25(19)17-10-8-16(22)9-11-17)21(27)23-13-20(26)28-14-15-6-4-3-5-7-15/h3-12H,2,13-14H2,1H3,(H,23,27). The number of hydrogen-bond donors (Lipinski definition) is 1. The van der Waals surface area contributed by atoms with Crippen LogP contribution in [0, 0.1) is 5.82 Å². The van der Waals surface area contributed by atoms with Gasteiger partial charge >= 0.3 is 5.97 Å². The molecule has 0 saturated carbocycles. The normalized spacial score (nSPS) is 10.5. The van der Waals surface area contributed by atoms with E-state index in [1.807, 2.05) is 37.3 Å². The quantitative estimate of drug-likeness (QED) is 0.639. The van der Waals surface area contributed by atoms with Gasteiger partial charge in [0.2, 0.25) is 0 Å². The summed E-state index contributed by atoms with van der Waals surface area (Å²) < 4.78 is 19.9. The van der Waals surface area contributed by atoms with E-state index in [4.69, 9.17) is 4.74 Å². The lowest BCUT2D eigenvalue weighted by Crippen LogP contribution is -2.31. The minimum Gasteiger partial charge on any atom is -0.460 e. The van der Waals surface area contributed by atoms with Gasteiger partial charge in [0.25, 0.3) is 5.91 Å². The molecule has 0 unspecified atom stereocenters. The van der Waals surface area contributed by atoms with E-state index in [0.717, 1.165) is 5.56 Å². The van der Waals surface area contributed by atoms with Gasteiger partial charge in [0.1, 0.15) is 19.0 Å². The van der Waals surface area contributed by atoms with Crippen LogP contribution >= 0.6 is 0 Å². The topological polar surface area (TPSA) is 73.2 Å². The molecule has 6 nitrogen and oxygen atoms in total. The van der Waals surface area contributed by atoms with Gasteiger partial charge in [-0.1, -0.05) is 37.3 Å². The van der Waals surface area contributed by atoms with Gasteiger partial charge in [0.05, 0.1) is 23.1 Å². The van der Waals surface area contributed by atoms with Crippen molar-refractivity contribution in [3.05, 3.63) is 83.4 Å². The van der Waals surface area contributed by atoms with Crippen LogP contribution in [0.3, 0.4) is 0 Å². The average molecular weight is 381 g/mol. The highest BCUT2D eigenvalue weighted by molar-refractivity contribution is 5.96. The highest BCUT2D eigenvalue weighted by Crippen LogP contribution is 2.16. The predicted octanol–water partition coefficient (Wildman–Crippen LogP) is 3.05. The smallest absolute Gasteiger partial charge is 0.325 e. The molecule has 1 amide bonds. The molecule has 0 bridgehead atoms. The Kier molecular flexibility index (Phi) is 6.16. The van der Waals surface area contributed by atoms with Crippen LogP contribution in [0.25, 0.3) is 5.69 Å². The summed E-state index contributed by atoms with van der Waals surface area (Å²) in [5, 5.41) is 6.79. The molecule has 144 valence electrons. The van der Waals surface area contributed by atoms with E-state index in [2.05, 4.69) is 10.4 Å². The number of benzene rings is 2. The molecule has 28 heavy (non-hydrogen) atoms. The van der Waals surface area contributed by atoms with Crippen LogP contribution in [-0.2, 0) is 22.6 Å². The lowest BCUT2D eigenvalue weighted by molar-refractivity contribution is -0.143. The molecule has 0 radical (unpaired) electrons. The SMILES string of the molecule is CCc1c(C(=O)NCC(=O)OCc2ccccc2)cnn1-c1ccc(F)cc1. The largest absolute Gasteiger partial charge is 0.460 e. The Morgan fingerprint density at radius 2 is 1.82 bits per heavy atom. The van der Waals surface area contributed by atoms with Gasteiger partial charge in [-0.05, 0) is 36.2 Å². The first kappa shape index (κ1) is 19.3. The van der Waals surface area contributed by atoms with Gasteiger partial charge in [0.15, 0.2) is 0 Å². The zero-order valence-electron chi connectivity index (χ0n) is 15.4. The van der Waals surface area contributed by atoms with Crippen molar-refractivity contribution in [3.8, 4) is 5.69 Å². The monoisotopic (exact) mass is 381 g/mol. The van der Waals surface area contributed by atoms with Crippen molar-refractivity contribution in [2.24, 2.45) is 0 Å². The van der Waals surface area contributed by atoms with Crippen molar-refractivity contribution in [1.82, 2.24) is 15.1 Å². The van der Waals surface area contributed by atoms with Crippen molar-refractivity contribution in [2.45, 2.75) is 20.0 Å². The summed E-state index contributed by atoms with van der Waals surface area (Å²) in [6.45, 7) is 1.80. The van der Waals surface area contributed by atoms with Crippen LogP contribution in [0.1, 0.15) is 28.5 Å². The number of amides is 1. The second-order valence-electron chi connectivity index (χ2n) is 6.08. The minimum absolute atomic E-state index is 0.151. The summed E-state index contributed by atoms with van der Waals surface area (Å²) >= 11 is 0. The lowest BCUT2D eigenvalue weighted by Gasteiger charge is -2.09. The number of esters is 1. The molecule has 3 aromatic rings. The number of rotatable bonds is 7.